The van der Waals surface area contributed by atoms with Crippen LogP contribution >= 0.6 is 11.6 Å². The Morgan fingerprint density at radius 1 is 0.972 bits per heavy atom. The maximum atomic E-state index is 13.0. The lowest BCUT2D eigenvalue weighted by Crippen LogP contribution is -2.21. The summed E-state index contributed by atoms with van der Waals surface area (Å²) in [5, 5.41) is 12.8. The molecule has 0 radical (unpaired) electrons. The van der Waals surface area contributed by atoms with Crippen LogP contribution < -0.4 is 26.4 Å². The third kappa shape index (κ3) is 7.48. The molecular weight excluding hydrogens is 505 g/mol. The number of aryl methyl sites for hydroxylation is 1. The van der Waals surface area contributed by atoms with E-state index in [1.165, 1.54) is 52.6 Å². The molecule has 0 saturated carbocycles. The Labute approximate surface area is 207 Å². The summed E-state index contributed by atoms with van der Waals surface area (Å²) in [5.74, 6) is 0.0928. The molecule has 0 fully saturated rings. The number of benzene rings is 2. The van der Waals surface area contributed by atoms with Crippen LogP contribution in [0.4, 0.5) is 29.3 Å². The van der Waals surface area contributed by atoms with Crippen molar-refractivity contribution >= 4 is 34.9 Å². The number of urea groups is 1. The zero-order valence-corrected chi connectivity index (χ0v) is 19.2. The van der Waals surface area contributed by atoms with Crippen LogP contribution in [0.2, 0.25) is 5.02 Å². The van der Waals surface area contributed by atoms with Crippen LogP contribution in [0.15, 0.2) is 65.6 Å². The second-order valence-corrected chi connectivity index (χ2v) is 7.84. The fourth-order valence-electron chi connectivity index (χ4n) is 3.06. The van der Waals surface area contributed by atoms with E-state index < -0.39 is 28.7 Å². The van der Waals surface area contributed by atoms with Gasteiger partial charge in [0.1, 0.15) is 11.5 Å². The van der Waals surface area contributed by atoms with Gasteiger partial charge in [-0.25, -0.2) is 10.3 Å². The molecule has 1 heterocycles. The Bertz CT molecular complexity index is 1300. The molecule has 190 valence electrons. The summed E-state index contributed by atoms with van der Waals surface area (Å²) in [7, 11) is 0. The fourth-order valence-corrected chi connectivity index (χ4v) is 3.28. The number of alkyl halides is 3. The zero-order valence-electron chi connectivity index (χ0n) is 18.4. The lowest BCUT2D eigenvalue weighted by Gasteiger charge is -2.12. The summed E-state index contributed by atoms with van der Waals surface area (Å²) in [4.78, 5) is 35.4. The van der Waals surface area contributed by atoms with Crippen LogP contribution in [0.1, 0.15) is 18.4 Å². The van der Waals surface area contributed by atoms with Crippen LogP contribution in [0.25, 0.3) is 0 Å². The summed E-state index contributed by atoms with van der Waals surface area (Å²) < 4.78 is 45.9. The Morgan fingerprint density at radius 3 is 2.28 bits per heavy atom. The Hall–Kier alpha value is -4.03. The van der Waals surface area contributed by atoms with E-state index in [-0.39, 0.29) is 30.0 Å². The van der Waals surface area contributed by atoms with Gasteiger partial charge in [-0.05, 0) is 55.0 Å². The smallest absolute Gasteiger partial charge is 0.417 e. The molecule has 0 spiro atoms. The van der Waals surface area contributed by atoms with Crippen LogP contribution in [-0.2, 0) is 17.5 Å². The first-order chi connectivity index (χ1) is 17.0. The van der Waals surface area contributed by atoms with Crippen molar-refractivity contribution in [2.24, 2.45) is 0 Å². The van der Waals surface area contributed by atoms with Crippen molar-refractivity contribution in [1.82, 2.24) is 10.0 Å². The number of ether oxygens (including phenoxy) is 1. The van der Waals surface area contributed by atoms with Crippen LogP contribution in [0.3, 0.4) is 0 Å². The van der Waals surface area contributed by atoms with Crippen molar-refractivity contribution in [2.75, 3.05) is 10.6 Å². The van der Waals surface area contributed by atoms with Crippen molar-refractivity contribution < 1.29 is 32.7 Å². The number of aromatic nitrogens is 1. The number of anilines is 2. The number of hydroxylamine groups is 1. The quantitative estimate of drug-likeness (QED) is 0.237. The van der Waals surface area contributed by atoms with E-state index in [0.29, 0.717) is 17.9 Å². The number of carbonyl (C=O) groups is 2. The molecule has 3 rings (SSSR count). The minimum absolute atomic E-state index is 0.0634. The molecule has 0 aliphatic heterocycles. The Balaban J connectivity index is 1.56. The average molecular weight is 525 g/mol. The van der Waals surface area contributed by atoms with Crippen LogP contribution in [-0.4, -0.2) is 21.7 Å². The van der Waals surface area contributed by atoms with Gasteiger partial charge in [0.05, 0.1) is 10.6 Å². The highest BCUT2D eigenvalue weighted by Crippen LogP contribution is 2.36. The fraction of sp³-hybridized carbons (Fsp3) is 0.174. The van der Waals surface area contributed by atoms with Crippen molar-refractivity contribution in [1.29, 1.82) is 0 Å². The number of nitrogens with one attached hydrogen (secondary N) is 3. The highest BCUT2D eigenvalue weighted by atomic mass is 35.5. The summed E-state index contributed by atoms with van der Waals surface area (Å²) in [5.41, 5.74) is 0.365. The topological polar surface area (TPSA) is 122 Å². The van der Waals surface area contributed by atoms with Gasteiger partial charge in [-0.3, -0.25) is 14.8 Å². The lowest BCUT2D eigenvalue weighted by atomic mass is 10.2. The van der Waals surface area contributed by atoms with Gasteiger partial charge < -0.3 is 19.9 Å². The second-order valence-electron chi connectivity index (χ2n) is 7.43. The second kappa shape index (κ2) is 11.6. The van der Waals surface area contributed by atoms with Gasteiger partial charge in [-0.2, -0.15) is 13.2 Å². The summed E-state index contributed by atoms with van der Waals surface area (Å²) in [6, 6.07) is 11.2. The minimum Gasteiger partial charge on any atom is -0.457 e. The number of hydrogen-bond donors (Lipinski definition) is 4. The molecule has 4 N–H and O–H groups in total. The highest BCUT2D eigenvalue weighted by Gasteiger charge is 2.33. The van der Waals surface area contributed by atoms with Crippen molar-refractivity contribution in [2.45, 2.75) is 25.6 Å². The van der Waals surface area contributed by atoms with Gasteiger partial charge >= 0.3 is 12.2 Å². The van der Waals surface area contributed by atoms with Gasteiger partial charge in [0.15, 0.2) is 0 Å². The first kappa shape index (κ1) is 26.6. The highest BCUT2D eigenvalue weighted by molar-refractivity contribution is 6.31. The molecule has 0 unspecified atom stereocenters. The summed E-state index contributed by atoms with van der Waals surface area (Å²) in [6.07, 6.45) is -2.73. The molecule has 36 heavy (non-hydrogen) atoms. The maximum absolute atomic E-state index is 13.0. The van der Waals surface area contributed by atoms with Crippen molar-refractivity contribution in [3.63, 3.8) is 0 Å². The minimum atomic E-state index is -4.66. The number of nitrogens with zero attached hydrogens (tertiary/aromatic N) is 1. The predicted octanol–water partition coefficient (Wildman–Crippen LogP) is 5.24. The molecule has 3 aromatic rings. The number of hydrogen-bond acceptors (Lipinski definition) is 5. The third-order valence-electron chi connectivity index (χ3n) is 4.77. The van der Waals surface area contributed by atoms with Gasteiger partial charge in [-0.1, -0.05) is 11.6 Å². The largest absolute Gasteiger partial charge is 0.457 e. The molecule has 0 bridgehead atoms. The normalized spacial score (nSPS) is 11.0. The van der Waals surface area contributed by atoms with Gasteiger partial charge in [0.25, 0.3) is 5.56 Å². The average Bonchev–Trinajstić information content (AvgIpc) is 2.82. The van der Waals surface area contributed by atoms with E-state index in [4.69, 9.17) is 21.5 Å². The van der Waals surface area contributed by atoms with Crippen LogP contribution in [0, 0.1) is 0 Å². The van der Waals surface area contributed by atoms with E-state index in [2.05, 4.69) is 10.6 Å². The number of rotatable bonds is 8. The van der Waals surface area contributed by atoms with Gasteiger partial charge in [0, 0.05) is 36.6 Å². The molecule has 0 aliphatic carbocycles. The molecule has 0 atom stereocenters. The maximum Gasteiger partial charge on any atom is 0.417 e. The molecule has 0 aliphatic rings. The first-order valence-electron chi connectivity index (χ1n) is 10.4. The molecule has 2 aromatic carbocycles. The zero-order chi connectivity index (χ0) is 26.3. The van der Waals surface area contributed by atoms with E-state index >= 15 is 0 Å². The van der Waals surface area contributed by atoms with Crippen molar-refractivity contribution in [3.8, 4) is 11.5 Å². The monoisotopic (exact) mass is 524 g/mol. The van der Waals surface area contributed by atoms with E-state index in [1.807, 2.05) is 0 Å². The molecule has 9 nitrogen and oxygen atoms in total. The molecule has 13 heteroatoms. The molecule has 1 aromatic heterocycles. The molecule has 0 saturated heterocycles. The lowest BCUT2D eigenvalue weighted by molar-refractivity contribution is -0.137. The Kier molecular flexibility index (Phi) is 8.56. The van der Waals surface area contributed by atoms with E-state index in [9.17, 15) is 27.6 Å². The predicted molar refractivity (Wildman–Crippen MR) is 125 cm³/mol. The van der Waals surface area contributed by atoms with E-state index in [0.717, 1.165) is 12.1 Å². The van der Waals surface area contributed by atoms with Crippen molar-refractivity contribution in [3.05, 3.63) is 81.7 Å². The summed E-state index contributed by atoms with van der Waals surface area (Å²) >= 11 is 5.57. The number of amides is 3. The molecular formula is C23H20ClF3N4O5. The van der Waals surface area contributed by atoms with Gasteiger partial charge in [0.2, 0.25) is 5.91 Å². The number of pyridine rings is 1. The first-order valence-corrected chi connectivity index (χ1v) is 10.8. The number of halogens is 4. The van der Waals surface area contributed by atoms with E-state index in [1.54, 1.807) is 6.07 Å². The van der Waals surface area contributed by atoms with Crippen LogP contribution in [0.5, 0.6) is 11.5 Å². The Morgan fingerprint density at radius 2 is 1.64 bits per heavy atom. The molecule has 3 amide bonds. The third-order valence-corrected chi connectivity index (χ3v) is 5.10. The standard InChI is InChI=1S/C23H20ClF3N4O5/c24-19-8-5-15(12-18(19)23(25,26)27)29-22(34)28-14-3-6-16(7-4-14)36-17-9-11-31(21(33)13-17)10-1-2-20(32)30-35/h3-9,11-13,35H,1-2,10H2,(H,30,32)(H2,28,29,34). The number of carbonyl (C=O) groups excluding carboxylic acids is 2. The summed E-state index contributed by atoms with van der Waals surface area (Å²) in [6.45, 7) is 0.280. The van der Waals surface area contributed by atoms with Gasteiger partial charge in [-0.15, -0.1) is 0 Å². The SMILES string of the molecule is O=C(CCCn1ccc(Oc2ccc(NC(=O)Nc3ccc(Cl)c(C(F)(F)F)c3)cc2)cc1=O)NO.